The number of aryl methyl sites for hydroxylation is 2. The standard InChI is InChI=1S/C22H22N4O/c1-16-6-4-7-17(14-16)15-22(27)23-20-11-12-21(25-24-20)26-13-5-9-18-8-2-3-10-19(18)26/h2-4,6-8,10-12,14H,5,9,13,15H2,1H3,(H,23,24,27). The lowest BCUT2D eigenvalue weighted by atomic mass is 10.0. The van der Waals surface area contributed by atoms with Crippen LogP contribution in [-0.4, -0.2) is 22.6 Å². The molecule has 1 N–H and O–H groups in total. The van der Waals surface area contributed by atoms with Gasteiger partial charge in [0.2, 0.25) is 5.91 Å². The molecule has 0 saturated carbocycles. The summed E-state index contributed by atoms with van der Waals surface area (Å²) < 4.78 is 0. The van der Waals surface area contributed by atoms with E-state index in [9.17, 15) is 4.79 Å². The van der Waals surface area contributed by atoms with Crippen molar-refractivity contribution in [3.8, 4) is 0 Å². The average Bonchev–Trinajstić information content (AvgIpc) is 2.68. The van der Waals surface area contributed by atoms with Gasteiger partial charge in [-0.3, -0.25) is 4.79 Å². The minimum atomic E-state index is -0.0917. The molecule has 0 spiro atoms. The summed E-state index contributed by atoms with van der Waals surface area (Å²) in [6.45, 7) is 2.94. The van der Waals surface area contributed by atoms with E-state index in [1.807, 2.05) is 49.4 Å². The molecule has 0 unspecified atom stereocenters. The molecule has 27 heavy (non-hydrogen) atoms. The molecule has 0 aliphatic carbocycles. The molecule has 0 bridgehead atoms. The van der Waals surface area contributed by atoms with Crippen LogP contribution in [0.15, 0.2) is 60.7 Å². The number of benzene rings is 2. The summed E-state index contributed by atoms with van der Waals surface area (Å²) in [7, 11) is 0. The molecule has 3 aromatic rings. The first-order chi connectivity index (χ1) is 13.2. The maximum Gasteiger partial charge on any atom is 0.229 e. The molecule has 2 heterocycles. The maximum absolute atomic E-state index is 12.3. The number of para-hydroxylation sites is 1. The highest BCUT2D eigenvalue weighted by molar-refractivity contribution is 5.91. The van der Waals surface area contributed by atoms with Crippen molar-refractivity contribution in [2.75, 3.05) is 16.8 Å². The normalized spacial score (nSPS) is 13.1. The van der Waals surface area contributed by atoms with Gasteiger partial charge in [-0.2, -0.15) is 0 Å². The number of fused-ring (bicyclic) bond motifs is 1. The number of carbonyl (C=O) groups is 1. The Balaban J connectivity index is 1.44. The highest BCUT2D eigenvalue weighted by Crippen LogP contribution is 2.31. The molecule has 0 saturated heterocycles. The number of nitrogens with zero attached hydrogens (tertiary/aromatic N) is 3. The number of anilines is 3. The van der Waals surface area contributed by atoms with Crippen LogP contribution < -0.4 is 10.2 Å². The van der Waals surface area contributed by atoms with Gasteiger partial charge in [0.1, 0.15) is 0 Å². The summed E-state index contributed by atoms with van der Waals surface area (Å²) in [6.07, 6.45) is 2.51. The van der Waals surface area contributed by atoms with E-state index in [2.05, 4.69) is 38.6 Å². The molecule has 136 valence electrons. The van der Waals surface area contributed by atoms with Gasteiger partial charge in [0.15, 0.2) is 11.6 Å². The minimum Gasteiger partial charge on any atom is -0.325 e. The van der Waals surface area contributed by atoms with Crippen molar-refractivity contribution in [2.45, 2.75) is 26.2 Å². The Morgan fingerprint density at radius 2 is 1.96 bits per heavy atom. The summed E-state index contributed by atoms with van der Waals surface area (Å²) in [4.78, 5) is 14.4. The number of rotatable bonds is 4. The van der Waals surface area contributed by atoms with Crippen molar-refractivity contribution < 1.29 is 4.79 Å². The molecular formula is C22H22N4O. The summed E-state index contributed by atoms with van der Waals surface area (Å²) in [5, 5.41) is 11.4. The van der Waals surface area contributed by atoms with Gasteiger partial charge in [-0.1, -0.05) is 48.0 Å². The van der Waals surface area contributed by atoms with Crippen LogP contribution in [0.1, 0.15) is 23.1 Å². The first-order valence-corrected chi connectivity index (χ1v) is 9.23. The highest BCUT2D eigenvalue weighted by atomic mass is 16.1. The van der Waals surface area contributed by atoms with Gasteiger partial charge in [0.25, 0.3) is 0 Å². The van der Waals surface area contributed by atoms with Gasteiger partial charge in [0.05, 0.1) is 6.42 Å². The molecule has 1 amide bonds. The second-order valence-electron chi connectivity index (χ2n) is 6.87. The third-order valence-electron chi connectivity index (χ3n) is 4.75. The topological polar surface area (TPSA) is 58.1 Å². The van der Waals surface area contributed by atoms with Crippen LogP contribution in [-0.2, 0) is 17.6 Å². The molecule has 1 aliphatic rings. The van der Waals surface area contributed by atoms with Crippen LogP contribution >= 0.6 is 0 Å². The minimum absolute atomic E-state index is 0.0917. The van der Waals surface area contributed by atoms with E-state index in [1.54, 1.807) is 0 Å². The SMILES string of the molecule is Cc1cccc(CC(=O)Nc2ccc(N3CCCc4ccccc43)nn2)c1. The van der Waals surface area contributed by atoms with Crippen LogP contribution in [0.25, 0.3) is 0 Å². The lowest BCUT2D eigenvalue weighted by Gasteiger charge is -2.29. The van der Waals surface area contributed by atoms with E-state index in [0.717, 1.165) is 36.3 Å². The Hall–Kier alpha value is -3.21. The predicted molar refractivity (Wildman–Crippen MR) is 107 cm³/mol. The van der Waals surface area contributed by atoms with Gasteiger partial charge in [-0.15, -0.1) is 10.2 Å². The number of aromatic nitrogens is 2. The molecule has 2 aromatic carbocycles. The molecule has 5 heteroatoms. The summed E-state index contributed by atoms with van der Waals surface area (Å²) in [5.74, 6) is 1.19. The molecule has 5 nitrogen and oxygen atoms in total. The Bertz CT molecular complexity index is 953. The smallest absolute Gasteiger partial charge is 0.229 e. The van der Waals surface area contributed by atoms with Crippen LogP contribution in [0.4, 0.5) is 17.3 Å². The fraction of sp³-hybridized carbons (Fsp3) is 0.227. The van der Waals surface area contributed by atoms with Gasteiger partial charge in [-0.25, -0.2) is 0 Å². The molecular weight excluding hydrogens is 336 g/mol. The first-order valence-electron chi connectivity index (χ1n) is 9.23. The summed E-state index contributed by atoms with van der Waals surface area (Å²) in [5.41, 5.74) is 4.66. The summed E-state index contributed by atoms with van der Waals surface area (Å²) >= 11 is 0. The van der Waals surface area contributed by atoms with Crippen molar-refractivity contribution in [3.05, 3.63) is 77.4 Å². The number of carbonyl (C=O) groups excluding carboxylic acids is 1. The van der Waals surface area contributed by atoms with Crippen molar-refractivity contribution >= 4 is 23.2 Å². The predicted octanol–water partition coefficient (Wildman–Crippen LogP) is 4.05. The molecule has 0 fully saturated rings. The van der Waals surface area contributed by atoms with Gasteiger partial charge < -0.3 is 10.2 Å². The number of nitrogens with one attached hydrogen (secondary N) is 1. The molecule has 1 aromatic heterocycles. The van der Waals surface area contributed by atoms with Gasteiger partial charge >= 0.3 is 0 Å². The van der Waals surface area contributed by atoms with Crippen molar-refractivity contribution in [1.29, 1.82) is 0 Å². The van der Waals surface area contributed by atoms with E-state index in [-0.39, 0.29) is 5.91 Å². The van der Waals surface area contributed by atoms with E-state index in [1.165, 1.54) is 11.3 Å². The maximum atomic E-state index is 12.3. The second kappa shape index (κ2) is 7.58. The van der Waals surface area contributed by atoms with Crippen LogP contribution in [0.3, 0.4) is 0 Å². The fourth-order valence-electron chi connectivity index (χ4n) is 3.50. The molecule has 0 radical (unpaired) electrons. The lowest BCUT2D eigenvalue weighted by Crippen LogP contribution is -2.25. The van der Waals surface area contributed by atoms with E-state index in [0.29, 0.717) is 12.2 Å². The lowest BCUT2D eigenvalue weighted by molar-refractivity contribution is -0.115. The Kier molecular flexibility index (Phi) is 4.83. The molecule has 1 aliphatic heterocycles. The average molecular weight is 358 g/mol. The highest BCUT2D eigenvalue weighted by Gasteiger charge is 2.19. The quantitative estimate of drug-likeness (QED) is 0.764. The van der Waals surface area contributed by atoms with Crippen molar-refractivity contribution in [1.82, 2.24) is 10.2 Å². The number of hydrogen-bond acceptors (Lipinski definition) is 4. The number of hydrogen-bond donors (Lipinski definition) is 1. The fourth-order valence-corrected chi connectivity index (χ4v) is 3.50. The zero-order valence-corrected chi connectivity index (χ0v) is 15.4. The van der Waals surface area contributed by atoms with Gasteiger partial charge in [0, 0.05) is 12.2 Å². The third-order valence-corrected chi connectivity index (χ3v) is 4.75. The summed E-state index contributed by atoms with van der Waals surface area (Å²) in [6, 6.07) is 20.1. The van der Waals surface area contributed by atoms with E-state index in [4.69, 9.17) is 0 Å². The largest absolute Gasteiger partial charge is 0.325 e. The second-order valence-corrected chi connectivity index (χ2v) is 6.87. The molecule has 0 atom stereocenters. The Morgan fingerprint density at radius 1 is 1.07 bits per heavy atom. The van der Waals surface area contributed by atoms with Crippen LogP contribution in [0.2, 0.25) is 0 Å². The van der Waals surface area contributed by atoms with Crippen LogP contribution in [0, 0.1) is 6.92 Å². The third kappa shape index (κ3) is 3.97. The van der Waals surface area contributed by atoms with Gasteiger partial charge in [-0.05, 0) is 49.1 Å². The van der Waals surface area contributed by atoms with Crippen molar-refractivity contribution in [3.63, 3.8) is 0 Å². The zero-order valence-electron chi connectivity index (χ0n) is 15.4. The molecule has 4 rings (SSSR count). The zero-order chi connectivity index (χ0) is 18.6. The monoisotopic (exact) mass is 358 g/mol. The Labute approximate surface area is 159 Å². The van der Waals surface area contributed by atoms with Crippen LogP contribution in [0.5, 0.6) is 0 Å². The van der Waals surface area contributed by atoms with Crippen molar-refractivity contribution in [2.24, 2.45) is 0 Å². The first kappa shape index (κ1) is 17.2. The van der Waals surface area contributed by atoms with E-state index >= 15 is 0 Å². The Morgan fingerprint density at radius 3 is 2.78 bits per heavy atom. The number of amides is 1. The van der Waals surface area contributed by atoms with E-state index < -0.39 is 0 Å².